The number of likely N-dealkylation sites (tertiary alicyclic amines) is 1. The van der Waals surface area contributed by atoms with Crippen LogP contribution in [0.4, 0.5) is 0 Å². The first-order valence-corrected chi connectivity index (χ1v) is 6.56. The first-order chi connectivity index (χ1) is 9.24. The quantitative estimate of drug-likeness (QED) is 0.829. The number of rotatable bonds is 2. The highest BCUT2D eigenvalue weighted by Gasteiger charge is 2.27. The van der Waals surface area contributed by atoms with Gasteiger partial charge in [0.2, 0.25) is 0 Å². The van der Waals surface area contributed by atoms with E-state index >= 15 is 0 Å². The number of furan rings is 1. The zero-order chi connectivity index (χ0) is 13.2. The Morgan fingerprint density at radius 1 is 1.47 bits per heavy atom. The second-order valence-electron chi connectivity index (χ2n) is 4.98. The van der Waals surface area contributed by atoms with Gasteiger partial charge in [-0.1, -0.05) is 0 Å². The van der Waals surface area contributed by atoms with Crippen LogP contribution in [0, 0.1) is 0 Å². The Bertz CT molecular complexity index is 559. The minimum atomic E-state index is -0.0226. The molecule has 0 saturated carbocycles. The molecule has 1 saturated heterocycles. The van der Waals surface area contributed by atoms with Gasteiger partial charge in [0.25, 0.3) is 5.91 Å². The van der Waals surface area contributed by atoms with Crippen LogP contribution in [0.1, 0.15) is 35.0 Å². The van der Waals surface area contributed by atoms with Crippen LogP contribution in [-0.2, 0) is 7.05 Å². The van der Waals surface area contributed by atoms with Crippen molar-refractivity contribution in [3.05, 3.63) is 42.1 Å². The van der Waals surface area contributed by atoms with Crippen LogP contribution >= 0.6 is 0 Å². The molecule has 2 aromatic rings. The third kappa shape index (κ3) is 2.41. The Hall–Kier alpha value is -2.04. The van der Waals surface area contributed by atoms with E-state index in [1.807, 2.05) is 28.9 Å². The minimum Gasteiger partial charge on any atom is -0.459 e. The summed E-state index contributed by atoms with van der Waals surface area (Å²) in [5.41, 5.74) is 1.07. The van der Waals surface area contributed by atoms with Crippen molar-refractivity contribution in [1.82, 2.24) is 14.7 Å². The standard InChI is InChI=1S/C14H17N3O2/c1-16-8-6-12(15-16)11-4-2-7-17(10-11)14(18)13-5-3-9-19-13/h3,5-6,8-9,11H,2,4,7,10H2,1H3/t11-/m1/s1. The minimum absolute atomic E-state index is 0.0226. The van der Waals surface area contributed by atoms with E-state index < -0.39 is 0 Å². The number of piperidine rings is 1. The maximum atomic E-state index is 12.2. The van der Waals surface area contributed by atoms with Crippen molar-refractivity contribution in [3.63, 3.8) is 0 Å². The molecule has 3 heterocycles. The molecule has 0 radical (unpaired) electrons. The molecule has 19 heavy (non-hydrogen) atoms. The van der Waals surface area contributed by atoms with Crippen molar-refractivity contribution in [1.29, 1.82) is 0 Å². The molecule has 0 spiro atoms. The molecule has 0 N–H and O–H groups in total. The molecule has 1 fully saturated rings. The van der Waals surface area contributed by atoms with E-state index in [2.05, 4.69) is 5.10 Å². The topological polar surface area (TPSA) is 51.3 Å². The molecular formula is C14H17N3O2. The van der Waals surface area contributed by atoms with Gasteiger partial charge in [-0.3, -0.25) is 9.48 Å². The molecule has 2 aromatic heterocycles. The number of carbonyl (C=O) groups excluding carboxylic acids is 1. The lowest BCUT2D eigenvalue weighted by molar-refractivity contribution is 0.0673. The van der Waals surface area contributed by atoms with Crippen molar-refractivity contribution in [2.24, 2.45) is 7.05 Å². The summed E-state index contributed by atoms with van der Waals surface area (Å²) in [6.45, 7) is 1.51. The van der Waals surface area contributed by atoms with E-state index in [4.69, 9.17) is 4.42 Å². The summed E-state index contributed by atoms with van der Waals surface area (Å²) in [5.74, 6) is 0.723. The highest BCUT2D eigenvalue weighted by atomic mass is 16.3. The molecule has 100 valence electrons. The number of hydrogen-bond acceptors (Lipinski definition) is 3. The number of amides is 1. The zero-order valence-corrected chi connectivity index (χ0v) is 11.0. The fourth-order valence-corrected chi connectivity index (χ4v) is 2.61. The van der Waals surface area contributed by atoms with E-state index in [1.54, 1.807) is 12.1 Å². The Labute approximate surface area is 111 Å². The molecule has 0 bridgehead atoms. The summed E-state index contributed by atoms with van der Waals surface area (Å²) in [6, 6.07) is 5.49. The summed E-state index contributed by atoms with van der Waals surface area (Å²) in [4.78, 5) is 14.1. The van der Waals surface area contributed by atoms with Crippen LogP contribution in [0.2, 0.25) is 0 Å². The van der Waals surface area contributed by atoms with Gasteiger partial charge in [0.1, 0.15) is 0 Å². The number of nitrogens with zero attached hydrogens (tertiary/aromatic N) is 3. The third-order valence-electron chi connectivity index (χ3n) is 3.59. The van der Waals surface area contributed by atoms with Crippen LogP contribution in [0.15, 0.2) is 35.1 Å². The van der Waals surface area contributed by atoms with E-state index in [0.717, 1.165) is 31.6 Å². The number of aryl methyl sites for hydroxylation is 1. The van der Waals surface area contributed by atoms with E-state index in [0.29, 0.717) is 11.7 Å². The van der Waals surface area contributed by atoms with Gasteiger partial charge in [0.15, 0.2) is 5.76 Å². The van der Waals surface area contributed by atoms with E-state index in [-0.39, 0.29) is 5.91 Å². The Balaban J connectivity index is 1.73. The normalized spacial score (nSPS) is 19.6. The van der Waals surface area contributed by atoms with Gasteiger partial charge >= 0.3 is 0 Å². The van der Waals surface area contributed by atoms with E-state index in [9.17, 15) is 4.79 Å². The van der Waals surface area contributed by atoms with Crippen LogP contribution in [0.5, 0.6) is 0 Å². The predicted molar refractivity (Wildman–Crippen MR) is 69.8 cm³/mol. The predicted octanol–water partition coefficient (Wildman–Crippen LogP) is 2.03. The lowest BCUT2D eigenvalue weighted by atomic mass is 9.95. The Morgan fingerprint density at radius 2 is 2.37 bits per heavy atom. The smallest absolute Gasteiger partial charge is 0.289 e. The number of hydrogen-bond donors (Lipinski definition) is 0. The molecule has 1 aliphatic heterocycles. The molecule has 5 heteroatoms. The third-order valence-corrected chi connectivity index (χ3v) is 3.59. The van der Waals surface area contributed by atoms with Crippen LogP contribution in [0.25, 0.3) is 0 Å². The highest BCUT2D eigenvalue weighted by Crippen LogP contribution is 2.26. The monoisotopic (exact) mass is 259 g/mol. The average molecular weight is 259 g/mol. The van der Waals surface area contributed by atoms with Gasteiger partial charge in [0, 0.05) is 32.3 Å². The summed E-state index contributed by atoms with van der Waals surface area (Å²) >= 11 is 0. The fraction of sp³-hybridized carbons (Fsp3) is 0.429. The van der Waals surface area contributed by atoms with Crippen molar-refractivity contribution in [2.75, 3.05) is 13.1 Å². The first kappa shape index (κ1) is 12.0. The number of carbonyl (C=O) groups is 1. The summed E-state index contributed by atoms with van der Waals surface area (Å²) in [5, 5.41) is 4.45. The van der Waals surface area contributed by atoms with Crippen molar-refractivity contribution in [2.45, 2.75) is 18.8 Å². The average Bonchev–Trinajstić information content (AvgIpc) is 3.09. The lowest BCUT2D eigenvalue weighted by Crippen LogP contribution is -2.39. The highest BCUT2D eigenvalue weighted by molar-refractivity contribution is 5.91. The molecule has 1 atom stereocenters. The van der Waals surface area contributed by atoms with E-state index in [1.165, 1.54) is 6.26 Å². The Kier molecular flexibility index (Phi) is 3.11. The summed E-state index contributed by atoms with van der Waals surface area (Å²) < 4.78 is 6.99. The van der Waals surface area contributed by atoms with Gasteiger partial charge in [-0.25, -0.2) is 0 Å². The van der Waals surface area contributed by atoms with Crippen molar-refractivity contribution < 1.29 is 9.21 Å². The first-order valence-electron chi connectivity index (χ1n) is 6.56. The van der Waals surface area contributed by atoms with Crippen LogP contribution < -0.4 is 0 Å². The van der Waals surface area contributed by atoms with Gasteiger partial charge in [-0.15, -0.1) is 0 Å². The largest absolute Gasteiger partial charge is 0.459 e. The van der Waals surface area contributed by atoms with Gasteiger partial charge in [-0.2, -0.15) is 5.10 Å². The van der Waals surface area contributed by atoms with Crippen LogP contribution in [0.3, 0.4) is 0 Å². The van der Waals surface area contributed by atoms with Crippen LogP contribution in [-0.4, -0.2) is 33.7 Å². The summed E-state index contributed by atoms with van der Waals surface area (Å²) in [6.07, 6.45) is 5.57. The molecule has 0 aliphatic carbocycles. The lowest BCUT2D eigenvalue weighted by Gasteiger charge is -2.31. The SMILES string of the molecule is Cn1ccc([C@@H]2CCCN(C(=O)c3ccco3)C2)n1. The van der Waals surface area contributed by atoms with Gasteiger partial charge < -0.3 is 9.32 Å². The molecule has 0 unspecified atom stereocenters. The maximum absolute atomic E-state index is 12.2. The van der Waals surface area contributed by atoms with Gasteiger partial charge in [0.05, 0.1) is 12.0 Å². The van der Waals surface area contributed by atoms with Crippen molar-refractivity contribution >= 4 is 5.91 Å². The summed E-state index contributed by atoms with van der Waals surface area (Å²) in [7, 11) is 1.91. The molecule has 3 rings (SSSR count). The molecule has 5 nitrogen and oxygen atoms in total. The maximum Gasteiger partial charge on any atom is 0.289 e. The molecule has 1 aliphatic rings. The number of aromatic nitrogens is 2. The van der Waals surface area contributed by atoms with Crippen molar-refractivity contribution in [3.8, 4) is 0 Å². The Morgan fingerprint density at radius 3 is 3.05 bits per heavy atom. The second kappa shape index (κ2) is 4.91. The fourth-order valence-electron chi connectivity index (χ4n) is 2.61. The molecule has 0 aromatic carbocycles. The zero-order valence-electron chi connectivity index (χ0n) is 11.0. The second-order valence-corrected chi connectivity index (χ2v) is 4.98. The van der Waals surface area contributed by atoms with Gasteiger partial charge in [-0.05, 0) is 31.0 Å². The molecule has 1 amide bonds. The molecular weight excluding hydrogens is 242 g/mol.